The summed E-state index contributed by atoms with van der Waals surface area (Å²) >= 11 is 5.86. The number of hydrogen-bond acceptors (Lipinski definition) is 6. The smallest absolute Gasteiger partial charge is 0.362 e. The molecule has 2 aromatic carbocycles. The first kappa shape index (κ1) is 26.7. The number of aromatic nitrogens is 4. The van der Waals surface area contributed by atoms with Gasteiger partial charge < -0.3 is 15.5 Å². The summed E-state index contributed by atoms with van der Waals surface area (Å²) in [6.07, 6.45) is -1.22. The molecule has 0 aliphatic heterocycles. The van der Waals surface area contributed by atoms with Gasteiger partial charge in [0.1, 0.15) is 5.82 Å². The Labute approximate surface area is 228 Å². The van der Waals surface area contributed by atoms with Crippen LogP contribution < -0.4 is 15.5 Å². The molecule has 0 atom stereocenters. The number of carbonyl (C=O) groups excluding carboxylic acids is 1. The number of nitrogens with zero attached hydrogens (tertiary/aromatic N) is 5. The highest BCUT2D eigenvalue weighted by Crippen LogP contribution is 2.34. The van der Waals surface area contributed by atoms with Gasteiger partial charge in [-0.1, -0.05) is 23.7 Å². The lowest BCUT2D eigenvalue weighted by Gasteiger charge is -2.30. The highest BCUT2D eigenvalue weighted by atomic mass is 35.5. The van der Waals surface area contributed by atoms with E-state index in [9.17, 15) is 18.0 Å². The van der Waals surface area contributed by atoms with E-state index in [1.54, 1.807) is 0 Å². The van der Waals surface area contributed by atoms with Crippen LogP contribution in [-0.4, -0.2) is 51.8 Å². The van der Waals surface area contributed by atoms with Gasteiger partial charge in [0.05, 0.1) is 23.0 Å². The molecule has 1 saturated carbocycles. The fourth-order valence-electron chi connectivity index (χ4n) is 4.86. The third-order valence-corrected chi connectivity index (χ3v) is 7.01. The van der Waals surface area contributed by atoms with Gasteiger partial charge in [-0.2, -0.15) is 23.3 Å². The first-order chi connectivity index (χ1) is 18.6. The number of benzene rings is 2. The number of nitrogens with one attached hydrogen (secondary N) is 2. The van der Waals surface area contributed by atoms with E-state index in [2.05, 4.69) is 25.7 Å². The van der Waals surface area contributed by atoms with Crippen LogP contribution in [0.1, 0.15) is 41.7 Å². The summed E-state index contributed by atoms with van der Waals surface area (Å²) in [5, 5.41) is 11.4. The predicted molar refractivity (Wildman–Crippen MR) is 145 cm³/mol. The minimum absolute atomic E-state index is 0.0766. The molecule has 2 N–H and O–H groups in total. The number of halogens is 4. The Morgan fingerprint density at radius 2 is 1.67 bits per heavy atom. The lowest BCUT2D eigenvalue weighted by molar-refractivity contribution is -0.143. The Morgan fingerprint density at radius 1 is 1.00 bits per heavy atom. The molecule has 2 heterocycles. The molecule has 12 heteroatoms. The van der Waals surface area contributed by atoms with Crippen molar-refractivity contribution in [3.8, 4) is 5.69 Å². The number of alkyl halides is 3. The van der Waals surface area contributed by atoms with Crippen LogP contribution in [0.3, 0.4) is 0 Å². The van der Waals surface area contributed by atoms with E-state index in [0.29, 0.717) is 36.7 Å². The standard InChI is InChI=1S/C27H27ClF3N7O/c1-37(2)24-20-5-3-4-6-22(20)35-26(36-24)34-18-11-9-17(10-12-18)33-25(39)21-15-32-38(23(21)27(29,30)31)19-13-7-16(28)8-14-19/h3-8,13-15,17-18H,9-12H2,1-2H3,(H,33,39)(H,34,35,36). The SMILES string of the molecule is CN(C)c1nc(NC2CCC(NC(=O)c3cnn(-c4ccc(Cl)cc4)c3C(F)(F)F)CC2)nc2ccccc12. The van der Waals surface area contributed by atoms with Crippen molar-refractivity contribution in [3.05, 3.63) is 71.0 Å². The highest BCUT2D eigenvalue weighted by molar-refractivity contribution is 6.30. The summed E-state index contributed by atoms with van der Waals surface area (Å²) in [4.78, 5) is 24.2. The fraction of sp³-hybridized carbons (Fsp3) is 0.333. The maximum Gasteiger partial charge on any atom is 0.434 e. The van der Waals surface area contributed by atoms with Crippen LogP contribution in [0.4, 0.5) is 24.9 Å². The van der Waals surface area contributed by atoms with Crippen LogP contribution in [-0.2, 0) is 6.18 Å². The lowest BCUT2D eigenvalue weighted by atomic mass is 9.91. The number of anilines is 2. The van der Waals surface area contributed by atoms with Crippen LogP contribution in [0.15, 0.2) is 54.7 Å². The van der Waals surface area contributed by atoms with Gasteiger partial charge in [-0.25, -0.2) is 9.67 Å². The Morgan fingerprint density at radius 3 is 2.33 bits per heavy atom. The zero-order valence-corrected chi connectivity index (χ0v) is 22.1. The molecule has 0 spiro atoms. The summed E-state index contributed by atoms with van der Waals surface area (Å²) in [6.45, 7) is 0. The van der Waals surface area contributed by atoms with Crippen molar-refractivity contribution in [1.29, 1.82) is 0 Å². The largest absolute Gasteiger partial charge is 0.434 e. The minimum Gasteiger partial charge on any atom is -0.362 e. The van der Waals surface area contributed by atoms with Crippen LogP contribution in [0.25, 0.3) is 16.6 Å². The van der Waals surface area contributed by atoms with Gasteiger partial charge in [-0.15, -0.1) is 0 Å². The van der Waals surface area contributed by atoms with E-state index in [1.165, 1.54) is 24.3 Å². The van der Waals surface area contributed by atoms with E-state index in [0.717, 1.165) is 27.6 Å². The maximum atomic E-state index is 14.0. The molecule has 0 bridgehead atoms. The molecular weight excluding hydrogens is 531 g/mol. The van der Waals surface area contributed by atoms with Crippen molar-refractivity contribution >= 4 is 40.2 Å². The molecule has 204 valence electrons. The van der Waals surface area contributed by atoms with Crippen molar-refractivity contribution in [3.63, 3.8) is 0 Å². The third kappa shape index (κ3) is 5.78. The van der Waals surface area contributed by atoms with Gasteiger partial charge in [-0.05, 0) is 62.1 Å². The number of rotatable bonds is 6. The third-order valence-electron chi connectivity index (χ3n) is 6.76. The summed E-state index contributed by atoms with van der Waals surface area (Å²) in [7, 11) is 3.85. The molecule has 0 radical (unpaired) electrons. The molecule has 8 nitrogen and oxygen atoms in total. The quantitative estimate of drug-likeness (QED) is 0.316. The van der Waals surface area contributed by atoms with E-state index in [4.69, 9.17) is 11.6 Å². The van der Waals surface area contributed by atoms with E-state index >= 15 is 0 Å². The van der Waals surface area contributed by atoms with Crippen molar-refractivity contribution in [2.24, 2.45) is 0 Å². The summed E-state index contributed by atoms with van der Waals surface area (Å²) in [5.41, 5.74) is -0.647. The van der Waals surface area contributed by atoms with Crippen LogP contribution in [0.2, 0.25) is 5.02 Å². The Balaban J connectivity index is 1.25. The number of para-hydroxylation sites is 1. The van der Waals surface area contributed by atoms with E-state index < -0.39 is 23.3 Å². The highest BCUT2D eigenvalue weighted by Gasteiger charge is 2.41. The molecule has 1 amide bonds. The summed E-state index contributed by atoms with van der Waals surface area (Å²) < 4.78 is 42.7. The van der Waals surface area contributed by atoms with Gasteiger partial charge in [0, 0.05) is 36.6 Å². The minimum atomic E-state index is -4.78. The van der Waals surface area contributed by atoms with Crippen molar-refractivity contribution in [2.45, 2.75) is 43.9 Å². The molecule has 0 saturated heterocycles. The second-order valence-electron chi connectivity index (χ2n) is 9.74. The fourth-order valence-corrected chi connectivity index (χ4v) is 4.98. The topological polar surface area (TPSA) is 88.0 Å². The van der Waals surface area contributed by atoms with Gasteiger partial charge in [0.2, 0.25) is 5.95 Å². The molecular formula is C27H27ClF3N7O. The van der Waals surface area contributed by atoms with Crippen molar-refractivity contribution < 1.29 is 18.0 Å². The van der Waals surface area contributed by atoms with Crippen LogP contribution >= 0.6 is 11.6 Å². The van der Waals surface area contributed by atoms with E-state index in [1.807, 2.05) is 43.3 Å². The average molecular weight is 558 g/mol. The maximum absolute atomic E-state index is 14.0. The van der Waals surface area contributed by atoms with Gasteiger partial charge in [0.15, 0.2) is 5.69 Å². The Kier molecular flexibility index (Phi) is 7.35. The van der Waals surface area contributed by atoms with Crippen molar-refractivity contribution in [2.75, 3.05) is 24.3 Å². The monoisotopic (exact) mass is 557 g/mol. The molecule has 5 rings (SSSR count). The molecule has 1 aliphatic carbocycles. The van der Waals surface area contributed by atoms with Gasteiger partial charge in [-0.3, -0.25) is 4.79 Å². The number of fused-ring (bicyclic) bond motifs is 1. The second-order valence-corrected chi connectivity index (χ2v) is 10.2. The lowest BCUT2D eigenvalue weighted by Crippen LogP contribution is -2.40. The second kappa shape index (κ2) is 10.7. The van der Waals surface area contributed by atoms with Crippen LogP contribution in [0.5, 0.6) is 0 Å². The number of amides is 1. The van der Waals surface area contributed by atoms with Gasteiger partial charge >= 0.3 is 6.18 Å². The molecule has 2 aromatic heterocycles. The first-order valence-corrected chi connectivity index (χ1v) is 12.9. The Bertz CT molecular complexity index is 1480. The summed E-state index contributed by atoms with van der Waals surface area (Å²) in [6, 6.07) is 13.4. The van der Waals surface area contributed by atoms with Gasteiger partial charge in [0.25, 0.3) is 5.91 Å². The molecule has 1 aliphatic rings. The zero-order valence-electron chi connectivity index (χ0n) is 21.3. The molecule has 39 heavy (non-hydrogen) atoms. The molecule has 0 unspecified atom stereocenters. The Hall–Kier alpha value is -3.86. The molecule has 4 aromatic rings. The normalized spacial score (nSPS) is 17.7. The predicted octanol–water partition coefficient (Wildman–Crippen LogP) is 5.71. The average Bonchev–Trinajstić information content (AvgIpc) is 3.36. The molecule has 1 fully saturated rings. The summed E-state index contributed by atoms with van der Waals surface area (Å²) in [5.74, 6) is 0.533. The zero-order chi connectivity index (χ0) is 27.7. The van der Waals surface area contributed by atoms with E-state index in [-0.39, 0.29) is 17.8 Å². The number of carbonyl (C=O) groups is 1. The van der Waals surface area contributed by atoms with Crippen LogP contribution in [0, 0.1) is 0 Å². The first-order valence-electron chi connectivity index (χ1n) is 12.5. The number of hydrogen-bond donors (Lipinski definition) is 2. The van der Waals surface area contributed by atoms with Crippen molar-refractivity contribution in [1.82, 2.24) is 25.1 Å².